The van der Waals surface area contributed by atoms with E-state index in [1.54, 1.807) is 32.9 Å². The molecule has 1 aromatic heterocycles. The number of carbonyl (C=O) groups is 1. The van der Waals surface area contributed by atoms with Crippen molar-refractivity contribution in [2.24, 2.45) is 0 Å². The first kappa shape index (κ1) is 23.5. The van der Waals surface area contributed by atoms with Gasteiger partial charge in [-0.15, -0.1) is 0 Å². The third-order valence-corrected chi connectivity index (χ3v) is 6.93. The van der Waals surface area contributed by atoms with Crippen LogP contribution in [0.4, 0.5) is 10.1 Å². The normalized spacial score (nSPS) is 11.5. The Balaban J connectivity index is 1.71. The lowest BCUT2D eigenvalue weighted by Gasteiger charge is -2.19. The summed E-state index contributed by atoms with van der Waals surface area (Å²) >= 11 is 0. The maximum atomic E-state index is 13.0. The summed E-state index contributed by atoms with van der Waals surface area (Å²) in [4.78, 5) is 12.8. The molecule has 0 aliphatic heterocycles. The highest BCUT2D eigenvalue weighted by molar-refractivity contribution is 7.89. The number of anilines is 1. The van der Waals surface area contributed by atoms with Crippen molar-refractivity contribution < 1.29 is 26.8 Å². The first-order valence-corrected chi connectivity index (χ1v) is 11.6. The van der Waals surface area contributed by atoms with E-state index in [1.165, 1.54) is 46.8 Å². The van der Waals surface area contributed by atoms with E-state index >= 15 is 0 Å². The van der Waals surface area contributed by atoms with Crippen LogP contribution in [-0.2, 0) is 16.6 Å². The van der Waals surface area contributed by atoms with Gasteiger partial charge in [0.25, 0.3) is 5.91 Å². The number of furan rings is 1. The van der Waals surface area contributed by atoms with E-state index in [4.69, 9.17) is 9.15 Å². The Kier molecular flexibility index (Phi) is 7.32. The van der Waals surface area contributed by atoms with E-state index in [0.29, 0.717) is 35.9 Å². The van der Waals surface area contributed by atoms with E-state index in [-0.39, 0.29) is 23.1 Å². The van der Waals surface area contributed by atoms with Gasteiger partial charge in [-0.2, -0.15) is 4.31 Å². The van der Waals surface area contributed by atoms with Crippen LogP contribution in [0, 0.1) is 12.7 Å². The molecule has 0 saturated heterocycles. The molecule has 0 aliphatic carbocycles. The summed E-state index contributed by atoms with van der Waals surface area (Å²) in [6, 6.07) is 13.3. The summed E-state index contributed by atoms with van der Waals surface area (Å²) in [5.41, 5.74) is 1.09. The Morgan fingerprint density at radius 1 is 1.06 bits per heavy atom. The molecule has 0 saturated carbocycles. The second-order valence-corrected chi connectivity index (χ2v) is 8.97. The van der Waals surface area contributed by atoms with Gasteiger partial charge >= 0.3 is 0 Å². The Morgan fingerprint density at radius 2 is 1.75 bits per heavy atom. The van der Waals surface area contributed by atoms with Crippen molar-refractivity contribution in [1.82, 2.24) is 4.31 Å². The molecule has 1 amide bonds. The van der Waals surface area contributed by atoms with Crippen LogP contribution in [0.15, 0.2) is 63.9 Å². The maximum Gasteiger partial charge on any atom is 0.291 e. The molecule has 3 rings (SSSR count). The quantitative estimate of drug-likeness (QED) is 0.505. The number of halogens is 1. The Morgan fingerprint density at radius 3 is 2.41 bits per heavy atom. The topological polar surface area (TPSA) is 88.9 Å². The van der Waals surface area contributed by atoms with Crippen LogP contribution in [0.3, 0.4) is 0 Å². The molecule has 0 unspecified atom stereocenters. The zero-order valence-electron chi connectivity index (χ0n) is 18.1. The number of ether oxygens (including phenoxy) is 1. The molecule has 0 atom stereocenters. The van der Waals surface area contributed by atoms with Crippen LogP contribution >= 0.6 is 0 Å². The van der Waals surface area contributed by atoms with Gasteiger partial charge in [-0.3, -0.25) is 4.79 Å². The highest BCUT2D eigenvalue weighted by atomic mass is 32.2. The minimum Gasteiger partial charge on any atom is -0.486 e. The molecule has 170 valence electrons. The van der Waals surface area contributed by atoms with Crippen LogP contribution in [0.2, 0.25) is 0 Å². The number of hydrogen-bond donors (Lipinski definition) is 1. The Bertz CT molecular complexity index is 1190. The van der Waals surface area contributed by atoms with E-state index in [0.717, 1.165) is 0 Å². The average Bonchev–Trinajstić information content (AvgIpc) is 3.24. The van der Waals surface area contributed by atoms with E-state index < -0.39 is 15.9 Å². The molecule has 2 aromatic carbocycles. The van der Waals surface area contributed by atoms with Crippen molar-refractivity contribution in [2.75, 3.05) is 18.4 Å². The first-order valence-electron chi connectivity index (χ1n) is 10.1. The summed E-state index contributed by atoms with van der Waals surface area (Å²) in [6.07, 6.45) is 0. The number of aryl methyl sites for hydroxylation is 1. The first-order chi connectivity index (χ1) is 15.2. The van der Waals surface area contributed by atoms with Crippen molar-refractivity contribution >= 4 is 21.6 Å². The number of benzene rings is 2. The van der Waals surface area contributed by atoms with Crippen LogP contribution in [0.5, 0.6) is 5.75 Å². The molecule has 7 nitrogen and oxygen atoms in total. The van der Waals surface area contributed by atoms with Gasteiger partial charge in [-0.25, -0.2) is 12.8 Å². The predicted molar refractivity (Wildman–Crippen MR) is 119 cm³/mol. The van der Waals surface area contributed by atoms with Gasteiger partial charge in [-0.05, 0) is 61.0 Å². The van der Waals surface area contributed by atoms with Crippen LogP contribution < -0.4 is 10.1 Å². The summed E-state index contributed by atoms with van der Waals surface area (Å²) in [6.45, 7) is 6.08. The second kappa shape index (κ2) is 9.97. The molecular formula is C23H25FN2O5S. The lowest BCUT2D eigenvalue weighted by Crippen LogP contribution is -2.30. The number of hydrogen-bond acceptors (Lipinski definition) is 5. The molecule has 0 bridgehead atoms. The second-order valence-electron chi connectivity index (χ2n) is 7.03. The molecule has 9 heteroatoms. The molecule has 0 aliphatic rings. The molecule has 0 spiro atoms. The van der Waals surface area contributed by atoms with Crippen LogP contribution in [0.25, 0.3) is 0 Å². The number of carbonyl (C=O) groups excluding carboxylic acids is 1. The van der Waals surface area contributed by atoms with Gasteiger partial charge in [0.05, 0.1) is 4.90 Å². The van der Waals surface area contributed by atoms with Gasteiger partial charge in [0.1, 0.15) is 23.9 Å². The number of nitrogens with one attached hydrogen (secondary N) is 1. The Labute approximate surface area is 186 Å². The fraction of sp³-hybridized carbons (Fsp3) is 0.261. The third-order valence-electron chi connectivity index (χ3n) is 4.88. The summed E-state index contributed by atoms with van der Waals surface area (Å²) < 4.78 is 50.9. The standard InChI is InChI=1S/C23H25FN2O5S/c1-4-26(5-2)32(28,29)20-12-6-16(3)21(14-20)25-23(27)22-13-11-19(31-22)15-30-18-9-7-17(24)8-10-18/h6-14H,4-5,15H2,1-3H3,(H,25,27). The zero-order valence-corrected chi connectivity index (χ0v) is 18.9. The number of nitrogens with zero attached hydrogens (tertiary/aromatic N) is 1. The van der Waals surface area contributed by atoms with Crippen molar-refractivity contribution in [3.63, 3.8) is 0 Å². The van der Waals surface area contributed by atoms with Gasteiger partial charge in [-0.1, -0.05) is 19.9 Å². The summed E-state index contributed by atoms with van der Waals surface area (Å²) in [5.74, 6) is 0.0564. The number of rotatable bonds is 9. The molecule has 3 aromatic rings. The number of sulfonamides is 1. The van der Waals surface area contributed by atoms with Gasteiger partial charge in [0.2, 0.25) is 10.0 Å². The number of amides is 1. The summed E-state index contributed by atoms with van der Waals surface area (Å²) in [7, 11) is -3.65. The van der Waals surface area contributed by atoms with Gasteiger partial charge in [0, 0.05) is 18.8 Å². The van der Waals surface area contributed by atoms with Crippen molar-refractivity contribution in [3.05, 3.63) is 77.5 Å². The smallest absolute Gasteiger partial charge is 0.291 e. The lowest BCUT2D eigenvalue weighted by atomic mass is 10.2. The average molecular weight is 461 g/mol. The zero-order chi connectivity index (χ0) is 23.3. The van der Waals surface area contributed by atoms with E-state index in [9.17, 15) is 17.6 Å². The maximum absolute atomic E-state index is 13.0. The lowest BCUT2D eigenvalue weighted by molar-refractivity contribution is 0.0992. The van der Waals surface area contributed by atoms with E-state index in [2.05, 4.69) is 5.32 Å². The fourth-order valence-corrected chi connectivity index (χ4v) is 4.54. The highest BCUT2D eigenvalue weighted by Crippen LogP contribution is 2.24. The highest BCUT2D eigenvalue weighted by Gasteiger charge is 2.23. The van der Waals surface area contributed by atoms with Crippen LogP contribution in [-0.4, -0.2) is 31.7 Å². The predicted octanol–water partition coefficient (Wildman–Crippen LogP) is 4.59. The van der Waals surface area contributed by atoms with Gasteiger partial charge < -0.3 is 14.5 Å². The van der Waals surface area contributed by atoms with Crippen molar-refractivity contribution in [1.29, 1.82) is 0 Å². The monoisotopic (exact) mass is 460 g/mol. The van der Waals surface area contributed by atoms with Gasteiger partial charge in [0.15, 0.2) is 5.76 Å². The molecule has 32 heavy (non-hydrogen) atoms. The minimum absolute atomic E-state index is 0.0547. The molecule has 1 heterocycles. The Hall–Kier alpha value is -3.17. The summed E-state index contributed by atoms with van der Waals surface area (Å²) in [5, 5.41) is 2.71. The minimum atomic E-state index is -3.65. The fourth-order valence-electron chi connectivity index (χ4n) is 3.06. The van der Waals surface area contributed by atoms with Crippen molar-refractivity contribution in [3.8, 4) is 5.75 Å². The third kappa shape index (κ3) is 5.35. The molecule has 0 radical (unpaired) electrons. The molecular weight excluding hydrogens is 435 g/mol. The molecule has 1 N–H and O–H groups in total. The molecule has 0 fully saturated rings. The van der Waals surface area contributed by atoms with E-state index in [1.807, 2.05) is 0 Å². The van der Waals surface area contributed by atoms with Crippen molar-refractivity contribution in [2.45, 2.75) is 32.3 Å². The SMILES string of the molecule is CCN(CC)S(=O)(=O)c1ccc(C)c(NC(=O)c2ccc(COc3ccc(F)cc3)o2)c1. The largest absolute Gasteiger partial charge is 0.486 e. The van der Waals surface area contributed by atoms with Crippen LogP contribution in [0.1, 0.15) is 35.7 Å².